The van der Waals surface area contributed by atoms with Crippen LogP contribution in [-0.2, 0) is 18.3 Å². The molecule has 1 rings (SSSR count). The summed E-state index contributed by atoms with van der Waals surface area (Å²) >= 11 is 0.303. The Morgan fingerprint density at radius 3 is 2.31 bits per heavy atom. The standard InChI is InChI=1S/C8H4F3O.Zn/c1-4(12)7-5(9)2-3-6(10)8(7)11;/h2H,1H3;. The Kier molecular flexibility index (Phi) is 2.86. The molecule has 1 aromatic rings. The van der Waals surface area contributed by atoms with Gasteiger partial charge in [0.05, 0.1) is 0 Å². The Morgan fingerprint density at radius 2 is 1.85 bits per heavy atom. The molecule has 0 aliphatic rings. The second kappa shape index (κ2) is 3.58. The molecule has 0 heterocycles. The molecule has 0 aromatic heterocycles. The third-order valence-corrected chi connectivity index (χ3v) is 2.67. The number of benzene rings is 1. The van der Waals surface area contributed by atoms with Crippen LogP contribution in [0.4, 0.5) is 13.2 Å². The molecule has 65 valence electrons. The molecule has 0 aliphatic carbocycles. The zero-order chi connectivity index (χ0) is 10.2. The number of carbonyl (C=O) groups is 1. The molecule has 0 unspecified atom stereocenters. The number of halogens is 3. The fourth-order valence-corrected chi connectivity index (χ4v) is 1.67. The third-order valence-electron chi connectivity index (χ3n) is 1.59. The quantitative estimate of drug-likeness (QED) is 0.411. The van der Waals surface area contributed by atoms with Gasteiger partial charge in [-0.05, 0) is 0 Å². The molecule has 0 saturated heterocycles. The fraction of sp³-hybridized carbons (Fsp3) is 0.125. The first-order valence-corrected chi connectivity index (χ1v) is 4.94. The van der Waals surface area contributed by atoms with Crippen molar-refractivity contribution in [3.63, 3.8) is 0 Å². The van der Waals surface area contributed by atoms with Gasteiger partial charge in [-0.2, -0.15) is 0 Å². The number of hydrogen-bond acceptors (Lipinski definition) is 1. The predicted molar refractivity (Wildman–Crippen MR) is 36.0 cm³/mol. The van der Waals surface area contributed by atoms with Crippen LogP contribution in [-0.4, -0.2) is 5.78 Å². The van der Waals surface area contributed by atoms with E-state index >= 15 is 0 Å². The minimum absolute atomic E-state index is 0.0278. The van der Waals surface area contributed by atoms with Crippen LogP contribution in [0.15, 0.2) is 6.07 Å². The van der Waals surface area contributed by atoms with Gasteiger partial charge in [0.2, 0.25) is 0 Å². The van der Waals surface area contributed by atoms with Gasteiger partial charge in [0, 0.05) is 0 Å². The van der Waals surface area contributed by atoms with Crippen molar-refractivity contribution >= 4 is 9.94 Å². The van der Waals surface area contributed by atoms with Gasteiger partial charge in [-0.15, -0.1) is 0 Å². The zero-order valence-electron chi connectivity index (χ0n) is 6.83. The number of rotatable bonds is 1. The first kappa shape index (κ1) is 10.4. The summed E-state index contributed by atoms with van der Waals surface area (Å²) in [6.45, 7) is 0.993. The van der Waals surface area contributed by atoms with Crippen LogP contribution in [0.1, 0.15) is 17.3 Å². The minimum atomic E-state index is -1.38. The van der Waals surface area contributed by atoms with E-state index in [0.29, 0.717) is 18.3 Å². The summed E-state index contributed by atoms with van der Waals surface area (Å²) in [5.41, 5.74) is -0.797. The molecular weight excluding hydrogens is 234 g/mol. The molecule has 0 saturated carbocycles. The number of Topliss-reactive ketones (excluding diaryl/α,β-unsaturated/α-hetero) is 1. The topological polar surface area (TPSA) is 17.1 Å². The van der Waals surface area contributed by atoms with Crippen molar-refractivity contribution in [1.29, 1.82) is 0 Å². The van der Waals surface area contributed by atoms with Gasteiger partial charge < -0.3 is 0 Å². The molecule has 1 aromatic carbocycles. The molecule has 0 N–H and O–H groups in total. The van der Waals surface area contributed by atoms with E-state index in [1.807, 2.05) is 0 Å². The summed E-state index contributed by atoms with van der Waals surface area (Å²) in [5.74, 6) is -4.30. The Labute approximate surface area is 82.6 Å². The van der Waals surface area contributed by atoms with Gasteiger partial charge in [-0.25, -0.2) is 0 Å². The summed E-state index contributed by atoms with van der Waals surface area (Å²) in [6.07, 6.45) is 0. The van der Waals surface area contributed by atoms with Crippen molar-refractivity contribution in [3.05, 3.63) is 29.1 Å². The molecule has 5 heteroatoms. The molecule has 0 atom stereocenters. The number of hydrogen-bond donors (Lipinski definition) is 0. The van der Waals surface area contributed by atoms with Crippen LogP contribution in [0.2, 0.25) is 0 Å². The molecule has 1 nitrogen and oxygen atoms in total. The first-order valence-electron chi connectivity index (χ1n) is 3.45. The Morgan fingerprint density at radius 1 is 1.31 bits per heavy atom. The van der Waals surface area contributed by atoms with Crippen LogP contribution >= 0.6 is 0 Å². The molecule has 0 aliphatic heterocycles. The normalized spacial score (nSPS) is 10.3. The van der Waals surface area contributed by atoms with Crippen molar-refractivity contribution in [2.24, 2.45) is 0 Å². The van der Waals surface area contributed by atoms with Gasteiger partial charge in [0.15, 0.2) is 0 Å². The second-order valence-electron chi connectivity index (χ2n) is 2.58. The summed E-state index contributed by atoms with van der Waals surface area (Å²) in [7, 11) is 0. The number of ketones is 1. The summed E-state index contributed by atoms with van der Waals surface area (Å²) in [5, 5.41) is 0. The Hall–Kier alpha value is -0.697. The van der Waals surface area contributed by atoms with Crippen LogP contribution in [0.3, 0.4) is 0 Å². The molecule has 0 amide bonds. The van der Waals surface area contributed by atoms with E-state index in [4.69, 9.17) is 0 Å². The Balaban J connectivity index is 3.53. The molecule has 0 fully saturated rings. The summed E-state index contributed by atoms with van der Waals surface area (Å²) in [4.78, 5) is 10.7. The van der Waals surface area contributed by atoms with E-state index < -0.39 is 28.8 Å². The molecule has 0 radical (unpaired) electrons. The summed E-state index contributed by atoms with van der Waals surface area (Å²) < 4.78 is 38.7. The average molecular weight is 239 g/mol. The predicted octanol–water partition coefficient (Wildman–Crippen LogP) is 1.48. The second-order valence-corrected chi connectivity index (χ2v) is 4.17. The van der Waals surface area contributed by atoms with E-state index in [-0.39, 0.29) is 4.16 Å². The van der Waals surface area contributed by atoms with E-state index in [1.165, 1.54) is 0 Å². The summed E-state index contributed by atoms with van der Waals surface area (Å²) in [6, 6.07) is 0.856. The maximum atomic E-state index is 13.0. The molecule has 13 heavy (non-hydrogen) atoms. The third kappa shape index (κ3) is 1.80. The molecular formula is C8H4F3OZn. The van der Waals surface area contributed by atoms with Gasteiger partial charge in [0.25, 0.3) is 0 Å². The van der Waals surface area contributed by atoms with E-state index in [2.05, 4.69) is 0 Å². The first-order chi connectivity index (χ1) is 5.95. The van der Waals surface area contributed by atoms with Crippen LogP contribution in [0.5, 0.6) is 0 Å². The van der Waals surface area contributed by atoms with Crippen molar-refractivity contribution in [1.82, 2.24) is 0 Å². The van der Waals surface area contributed by atoms with Crippen molar-refractivity contribution in [2.75, 3.05) is 0 Å². The van der Waals surface area contributed by atoms with Crippen molar-refractivity contribution < 1.29 is 36.3 Å². The van der Waals surface area contributed by atoms with Crippen molar-refractivity contribution in [3.8, 4) is 0 Å². The monoisotopic (exact) mass is 237 g/mol. The van der Waals surface area contributed by atoms with Crippen LogP contribution in [0, 0.1) is 17.5 Å². The van der Waals surface area contributed by atoms with Gasteiger partial charge in [-0.3, -0.25) is 0 Å². The van der Waals surface area contributed by atoms with Gasteiger partial charge >= 0.3 is 82.2 Å². The molecule has 0 bridgehead atoms. The van der Waals surface area contributed by atoms with E-state index in [1.54, 1.807) is 0 Å². The number of carbonyl (C=O) groups excluding carboxylic acids is 1. The zero-order valence-corrected chi connectivity index (χ0v) is 9.79. The average Bonchev–Trinajstić information content (AvgIpc) is 1.99. The van der Waals surface area contributed by atoms with Crippen molar-refractivity contribution in [2.45, 2.75) is 6.92 Å². The fourth-order valence-electron chi connectivity index (χ4n) is 0.967. The van der Waals surface area contributed by atoms with Crippen LogP contribution < -0.4 is 4.16 Å². The molecule has 0 spiro atoms. The van der Waals surface area contributed by atoms with E-state index in [9.17, 15) is 18.0 Å². The maximum absolute atomic E-state index is 13.0. The Bertz CT molecular complexity index is 376. The van der Waals surface area contributed by atoms with Gasteiger partial charge in [-0.1, -0.05) is 0 Å². The van der Waals surface area contributed by atoms with Gasteiger partial charge in [0.1, 0.15) is 0 Å². The van der Waals surface area contributed by atoms with Crippen LogP contribution in [0.25, 0.3) is 0 Å². The SMILES string of the molecule is CC(=O)c1c(F)c[c]([Zn])c(F)c1F. The van der Waals surface area contributed by atoms with E-state index in [0.717, 1.165) is 13.0 Å².